The molecular weight excluding hydrogens is 206 g/mol. The highest BCUT2D eigenvalue weighted by Gasteiger charge is 2.18. The predicted octanol–water partition coefficient (Wildman–Crippen LogP) is 3.97. The molecule has 1 fully saturated rings. The molecule has 2 unspecified atom stereocenters. The van der Waals surface area contributed by atoms with Gasteiger partial charge in [-0.2, -0.15) is 0 Å². The lowest BCUT2D eigenvalue weighted by Crippen LogP contribution is -2.33. The van der Waals surface area contributed by atoms with Crippen molar-refractivity contribution in [3.05, 3.63) is 34.9 Å². The zero-order valence-corrected chi connectivity index (χ0v) is 11.4. The maximum atomic E-state index is 3.73. The van der Waals surface area contributed by atoms with Gasteiger partial charge in [0, 0.05) is 12.6 Å². The molecule has 1 saturated carbocycles. The fourth-order valence-corrected chi connectivity index (χ4v) is 2.92. The molecule has 94 valence electrons. The van der Waals surface area contributed by atoms with Gasteiger partial charge in [0.2, 0.25) is 0 Å². The molecule has 2 rings (SSSR count). The van der Waals surface area contributed by atoms with E-state index < -0.39 is 0 Å². The molecule has 0 aliphatic heterocycles. The van der Waals surface area contributed by atoms with Crippen molar-refractivity contribution in [1.29, 1.82) is 0 Å². The van der Waals surface area contributed by atoms with Gasteiger partial charge >= 0.3 is 0 Å². The van der Waals surface area contributed by atoms with Crippen LogP contribution in [0.1, 0.15) is 49.3 Å². The first-order chi connectivity index (χ1) is 8.15. The summed E-state index contributed by atoms with van der Waals surface area (Å²) >= 11 is 0. The molecule has 1 aromatic rings. The summed E-state index contributed by atoms with van der Waals surface area (Å²) in [7, 11) is 0. The van der Waals surface area contributed by atoms with Crippen LogP contribution in [-0.4, -0.2) is 6.04 Å². The Labute approximate surface area is 106 Å². The molecule has 0 heterocycles. The number of nitrogens with one attached hydrogen (secondary N) is 1. The summed E-state index contributed by atoms with van der Waals surface area (Å²) in [4.78, 5) is 0. The third-order valence-electron chi connectivity index (χ3n) is 4.02. The van der Waals surface area contributed by atoms with Crippen LogP contribution < -0.4 is 5.32 Å². The zero-order valence-electron chi connectivity index (χ0n) is 11.4. The Balaban J connectivity index is 1.88. The van der Waals surface area contributed by atoms with Gasteiger partial charge in [-0.25, -0.2) is 0 Å². The lowest BCUT2D eigenvalue weighted by molar-refractivity contribution is 0.300. The van der Waals surface area contributed by atoms with Crippen molar-refractivity contribution < 1.29 is 0 Å². The molecule has 1 N–H and O–H groups in total. The second-order valence-corrected chi connectivity index (χ2v) is 5.78. The molecule has 0 aromatic heterocycles. The first-order valence-corrected chi connectivity index (χ1v) is 6.94. The van der Waals surface area contributed by atoms with Crippen LogP contribution >= 0.6 is 0 Å². The number of hydrogen-bond acceptors (Lipinski definition) is 1. The Morgan fingerprint density at radius 3 is 2.76 bits per heavy atom. The largest absolute Gasteiger partial charge is 0.310 e. The second kappa shape index (κ2) is 5.68. The molecular formula is C16H25N. The lowest BCUT2D eigenvalue weighted by Gasteiger charge is -2.27. The van der Waals surface area contributed by atoms with Crippen molar-refractivity contribution in [2.24, 2.45) is 5.92 Å². The number of aryl methyl sites for hydroxylation is 2. The van der Waals surface area contributed by atoms with E-state index in [1.165, 1.54) is 42.4 Å². The van der Waals surface area contributed by atoms with E-state index in [1.807, 2.05) is 0 Å². The van der Waals surface area contributed by atoms with Crippen LogP contribution in [0.5, 0.6) is 0 Å². The van der Waals surface area contributed by atoms with Gasteiger partial charge in [-0.3, -0.25) is 0 Å². The molecule has 0 saturated heterocycles. The Bertz CT molecular complexity index is 370. The van der Waals surface area contributed by atoms with E-state index in [0.29, 0.717) is 0 Å². The summed E-state index contributed by atoms with van der Waals surface area (Å²) in [6, 6.07) is 7.50. The molecule has 1 aliphatic rings. The first-order valence-electron chi connectivity index (χ1n) is 6.94. The highest BCUT2D eigenvalue weighted by atomic mass is 14.9. The molecule has 1 nitrogen and oxygen atoms in total. The Kier molecular flexibility index (Phi) is 4.22. The molecule has 1 aliphatic carbocycles. The topological polar surface area (TPSA) is 12.0 Å². The van der Waals surface area contributed by atoms with Crippen LogP contribution in [0, 0.1) is 19.8 Å². The molecule has 0 bridgehead atoms. The van der Waals surface area contributed by atoms with Gasteiger partial charge in [0.1, 0.15) is 0 Å². The molecule has 1 aromatic carbocycles. The third-order valence-corrected chi connectivity index (χ3v) is 4.02. The van der Waals surface area contributed by atoms with Crippen molar-refractivity contribution in [2.75, 3.05) is 0 Å². The van der Waals surface area contributed by atoms with Crippen molar-refractivity contribution >= 4 is 0 Å². The summed E-state index contributed by atoms with van der Waals surface area (Å²) < 4.78 is 0. The quantitative estimate of drug-likeness (QED) is 0.830. The highest BCUT2D eigenvalue weighted by Crippen LogP contribution is 2.23. The van der Waals surface area contributed by atoms with Crippen LogP contribution in [0.3, 0.4) is 0 Å². The number of hydrogen-bond donors (Lipinski definition) is 1. The van der Waals surface area contributed by atoms with E-state index >= 15 is 0 Å². The smallest absolute Gasteiger partial charge is 0.0210 e. The van der Waals surface area contributed by atoms with Crippen molar-refractivity contribution in [1.82, 2.24) is 5.32 Å². The van der Waals surface area contributed by atoms with E-state index in [2.05, 4.69) is 44.3 Å². The van der Waals surface area contributed by atoms with Crippen LogP contribution in [0.25, 0.3) is 0 Å². The lowest BCUT2D eigenvalue weighted by atomic mass is 9.87. The summed E-state index contributed by atoms with van der Waals surface area (Å²) in [5, 5.41) is 3.73. The fourth-order valence-electron chi connectivity index (χ4n) is 2.92. The summed E-state index contributed by atoms with van der Waals surface area (Å²) in [5.41, 5.74) is 4.23. The van der Waals surface area contributed by atoms with Gasteiger partial charge in [-0.05, 0) is 43.7 Å². The summed E-state index contributed by atoms with van der Waals surface area (Å²) in [6.07, 6.45) is 5.52. The summed E-state index contributed by atoms with van der Waals surface area (Å²) in [6.45, 7) is 7.79. The maximum absolute atomic E-state index is 3.73. The standard InChI is InChI=1S/C16H25N/c1-12-5-4-6-16(10-12)17-11-15-8-7-13(2)9-14(15)3/h7-9,12,16-17H,4-6,10-11H2,1-3H3. The number of benzene rings is 1. The fraction of sp³-hybridized carbons (Fsp3) is 0.625. The van der Waals surface area contributed by atoms with E-state index in [1.54, 1.807) is 0 Å². The minimum absolute atomic E-state index is 0.736. The Morgan fingerprint density at radius 2 is 2.06 bits per heavy atom. The minimum Gasteiger partial charge on any atom is -0.310 e. The number of rotatable bonds is 3. The van der Waals surface area contributed by atoms with Gasteiger partial charge in [0.05, 0.1) is 0 Å². The van der Waals surface area contributed by atoms with Crippen LogP contribution in [-0.2, 0) is 6.54 Å². The predicted molar refractivity (Wildman–Crippen MR) is 74.2 cm³/mol. The summed E-state index contributed by atoms with van der Waals surface area (Å²) in [5.74, 6) is 0.903. The maximum Gasteiger partial charge on any atom is 0.0210 e. The van der Waals surface area contributed by atoms with E-state index in [0.717, 1.165) is 18.5 Å². The van der Waals surface area contributed by atoms with Gasteiger partial charge in [-0.1, -0.05) is 43.5 Å². The van der Waals surface area contributed by atoms with Crippen molar-refractivity contribution in [3.63, 3.8) is 0 Å². The Hall–Kier alpha value is -0.820. The zero-order chi connectivity index (χ0) is 12.3. The molecule has 0 amide bonds. The van der Waals surface area contributed by atoms with Crippen LogP contribution in [0.2, 0.25) is 0 Å². The van der Waals surface area contributed by atoms with Gasteiger partial charge in [-0.15, -0.1) is 0 Å². The molecule has 2 atom stereocenters. The molecule has 0 radical (unpaired) electrons. The van der Waals surface area contributed by atoms with Crippen molar-refractivity contribution in [3.8, 4) is 0 Å². The monoisotopic (exact) mass is 231 g/mol. The SMILES string of the molecule is Cc1ccc(CNC2CCCC(C)C2)c(C)c1. The van der Waals surface area contributed by atoms with Crippen LogP contribution in [0.4, 0.5) is 0 Å². The van der Waals surface area contributed by atoms with E-state index in [4.69, 9.17) is 0 Å². The Morgan fingerprint density at radius 1 is 1.24 bits per heavy atom. The van der Waals surface area contributed by atoms with Gasteiger partial charge in [0.25, 0.3) is 0 Å². The second-order valence-electron chi connectivity index (χ2n) is 5.78. The molecule has 17 heavy (non-hydrogen) atoms. The normalized spacial score (nSPS) is 24.9. The molecule has 0 spiro atoms. The third kappa shape index (κ3) is 3.57. The minimum atomic E-state index is 0.736. The van der Waals surface area contributed by atoms with E-state index in [9.17, 15) is 0 Å². The van der Waals surface area contributed by atoms with Crippen molar-refractivity contribution in [2.45, 2.75) is 59.0 Å². The highest BCUT2D eigenvalue weighted by molar-refractivity contribution is 5.30. The van der Waals surface area contributed by atoms with Gasteiger partial charge < -0.3 is 5.32 Å². The first kappa shape index (κ1) is 12.6. The average Bonchev–Trinajstić information content (AvgIpc) is 2.28. The molecule has 1 heteroatoms. The van der Waals surface area contributed by atoms with Crippen LogP contribution in [0.15, 0.2) is 18.2 Å². The van der Waals surface area contributed by atoms with E-state index in [-0.39, 0.29) is 0 Å². The average molecular weight is 231 g/mol. The van der Waals surface area contributed by atoms with Gasteiger partial charge in [0.15, 0.2) is 0 Å².